The lowest BCUT2D eigenvalue weighted by Gasteiger charge is -2.26. The Morgan fingerprint density at radius 2 is 1.90 bits per heavy atom. The molecule has 5 rings (SSSR count). The number of phenolic OH excluding ortho intramolecular Hbond substituents is 1. The van der Waals surface area contributed by atoms with Gasteiger partial charge in [0, 0.05) is 12.4 Å². The van der Waals surface area contributed by atoms with Crippen LogP contribution >= 0.6 is 0 Å². The third-order valence-corrected chi connectivity index (χ3v) is 5.29. The van der Waals surface area contributed by atoms with Crippen molar-refractivity contribution in [2.24, 2.45) is 5.73 Å². The zero-order chi connectivity index (χ0) is 21.5. The third-order valence-electron chi connectivity index (χ3n) is 5.29. The highest BCUT2D eigenvalue weighted by Gasteiger charge is 2.35. The van der Waals surface area contributed by atoms with E-state index in [4.69, 9.17) is 14.9 Å². The lowest BCUT2D eigenvalue weighted by Crippen LogP contribution is -2.26. The Bertz CT molecular complexity index is 1450. The molecule has 1 unspecified atom stereocenters. The summed E-state index contributed by atoms with van der Waals surface area (Å²) in [4.78, 5) is 17.0. The molecule has 1 atom stereocenters. The summed E-state index contributed by atoms with van der Waals surface area (Å²) >= 11 is 0. The van der Waals surface area contributed by atoms with Crippen molar-refractivity contribution in [2.45, 2.75) is 5.92 Å². The number of hydrogen-bond acceptors (Lipinski definition) is 7. The second kappa shape index (κ2) is 7.04. The van der Waals surface area contributed by atoms with E-state index in [0.29, 0.717) is 10.9 Å². The van der Waals surface area contributed by atoms with Crippen molar-refractivity contribution in [1.82, 2.24) is 4.98 Å². The maximum Gasteiger partial charge on any atom is 0.344 e. The average Bonchev–Trinajstić information content (AvgIpc) is 2.79. The van der Waals surface area contributed by atoms with Gasteiger partial charge in [-0.2, -0.15) is 5.26 Å². The molecule has 2 aromatic heterocycles. The number of pyridine rings is 1. The van der Waals surface area contributed by atoms with Crippen LogP contribution in [0.4, 0.5) is 0 Å². The van der Waals surface area contributed by atoms with Crippen molar-refractivity contribution in [1.29, 1.82) is 5.26 Å². The average molecular weight is 409 g/mol. The fourth-order valence-electron chi connectivity index (χ4n) is 3.84. The van der Waals surface area contributed by atoms with Crippen molar-refractivity contribution in [3.05, 3.63) is 100.0 Å². The summed E-state index contributed by atoms with van der Waals surface area (Å²) in [6, 6.07) is 17.6. The van der Waals surface area contributed by atoms with Crippen molar-refractivity contribution < 1.29 is 14.3 Å². The summed E-state index contributed by atoms with van der Waals surface area (Å²) in [6.45, 7) is 0. The number of benzene rings is 2. The highest BCUT2D eigenvalue weighted by molar-refractivity contribution is 5.87. The zero-order valence-corrected chi connectivity index (χ0v) is 16.1. The van der Waals surface area contributed by atoms with Gasteiger partial charge < -0.3 is 20.0 Å². The summed E-state index contributed by atoms with van der Waals surface area (Å²) in [5.74, 6) is -0.690. The number of phenols is 1. The van der Waals surface area contributed by atoms with Crippen molar-refractivity contribution in [2.75, 3.05) is 0 Å². The van der Waals surface area contributed by atoms with Gasteiger partial charge in [0.25, 0.3) is 0 Å². The van der Waals surface area contributed by atoms with Crippen LogP contribution in [-0.4, -0.2) is 10.1 Å². The van der Waals surface area contributed by atoms with E-state index in [1.165, 1.54) is 18.2 Å². The Hall–Kier alpha value is -4.57. The first-order valence-electron chi connectivity index (χ1n) is 9.44. The van der Waals surface area contributed by atoms with Gasteiger partial charge in [-0.25, -0.2) is 4.79 Å². The van der Waals surface area contributed by atoms with Crippen LogP contribution in [0, 0.1) is 11.3 Å². The molecule has 1 aliphatic heterocycles. The fourth-order valence-corrected chi connectivity index (χ4v) is 3.84. The zero-order valence-electron chi connectivity index (χ0n) is 16.1. The van der Waals surface area contributed by atoms with E-state index in [1.54, 1.807) is 12.4 Å². The largest absolute Gasteiger partial charge is 0.508 e. The van der Waals surface area contributed by atoms with Crippen LogP contribution in [0.1, 0.15) is 17.0 Å². The topological polar surface area (TPSA) is 122 Å². The molecule has 31 heavy (non-hydrogen) atoms. The lowest BCUT2D eigenvalue weighted by atomic mass is 9.83. The first kappa shape index (κ1) is 18.5. The summed E-state index contributed by atoms with van der Waals surface area (Å²) in [6.07, 6.45) is 3.45. The van der Waals surface area contributed by atoms with Gasteiger partial charge in [0.1, 0.15) is 23.0 Å². The lowest BCUT2D eigenvalue weighted by molar-refractivity contribution is 0.387. The van der Waals surface area contributed by atoms with Crippen LogP contribution in [0.25, 0.3) is 22.1 Å². The first-order chi connectivity index (χ1) is 15.1. The van der Waals surface area contributed by atoms with Gasteiger partial charge in [-0.3, -0.25) is 4.98 Å². The summed E-state index contributed by atoms with van der Waals surface area (Å²) < 4.78 is 11.1. The van der Waals surface area contributed by atoms with E-state index >= 15 is 0 Å². The first-order valence-corrected chi connectivity index (χ1v) is 9.44. The van der Waals surface area contributed by atoms with Crippen LogP contribution < -0.4 is 16.1 Å². The molecule has 7 heteroatoms. The van der Waals surface area contributed by atoms with Crippen LogP contribution in [-0.2, 0) is 0 Å². The highest BCUT2D eigenvalue weighted by Crippen LogP contribution is 2.44. The van der Waals surface area contributed by atoms with E-state index in [2.05, 4.69) is 11.1 Å². The predicted molar refractivity (Wildman–Crippen MR) is 113 cm³/mol. The van der Waals surface area contributed by atoms with Crippen molar-refractivity contribution in [3.63, 3.8) is 0 Å². The molecule has 1 aliphatic rings. The van der Waals surface area contributed by atoms with E-state index < -0.39 is 11.5 Å². The number of nitrogens with two attached hydrogens (primary N) is 1. The molecule has 0 amide bonds. The molecule has 4 aromatic rings. The maximum absolute atomic E-state index is 12.9. The van der Waals surface area contributed by atoms with Crippen LogP contribution in [0.15, 0.2) is 87.7 Å². The summed E-state index contributed by atoms with van der Waals surface area (Å²) in [7, 11) is 0. The molecule has 0 aliphatic carbocycles. The standard InChI is InChI=1S/C24H15N3O4/c25-11-18-20(14-5-3-13(4-6-14)15-2-1-9-27-12-15)21-22(31-23(18)26)17-10-16(28)7-8-19(17)30-24(21)29/h1-10,12,20,28H,26H2. The minimum absolute atomic E-state index is 0.0156. The SMILES string of the molecule is N#CC1=C(N)Oc2c(c(=O)oc3ccc(O)cc23)C1c1ccc(-c2cccnc2)cc1. The second-order valence-electron chi connectivity index (χ2n) is 7.10. The molecule has 0 saturated heterocycles. The summed E-state index contributed by atoms with van der Waals surface area (Å²) in [5.41, 5.74) is 8.53. The van der Waals surface area contributed by atoms with Crippen molar-refractivity contribution in [3.8, 4) is 28.7 Å². The van der Waals surface area contributed by atoms with Gasteiger partial charge in [0.15, 0.2) is 5.75 Å². The predicted octanol–water partition coefficient (Wildman–Crippen LogP) is 3.78. The second-order valence-corrected chi connectivity index (χ2v) is 7.10. The normalized spacial score (nSPS) is 15.3. The Kier molecular flexibility index (Phi) is 4.19. The van der Waals surface area contributed by atoms with Crippen LogP contribution in [0.5, 0.6) is 11.5 Å². The minimum Gasteiger partial charge on any atom is -0.508 e. The number of nitrogens with zero attached hydrogens (tertiary/aromatic N) is 2. The molecule has 0 saturated carbocycles. The summed E-state index contributed by atoms with van der Waals surface area (Å²) in [5, 5.41) is 20.1. The van der Waals surface area contributed by atoms with E-state index in [0.717, 1.165) is 11.1 Å². The quantitative estimate of drug-likeness (QED) is 0.483. The third kappa shape index (κ3) is 2.98. The molecule has 0 fully saturated rings. The molecule has 0 bridgehead atoms. The number of ether oxygens (including phenoxy) is 1. The van der Waals surface area contributed by atoms with Crippen LogP contribution in [0.3, 0.4) is 0 Å². The molecule has 2 aromatic carbocycles. The van der Waals surface area contributed by atoms with Gasteiger partial charge in [0.05, 0.1) is 16.9 Å². The van der Waals surface area contributed by atoms with Crippen molar-refractivity contribution >= 4 is 11.0 Å². The molecule has 0 spiro atoms. The Morgan fingerprint density at radius 3 is 2.61 bits per heavy atom. The number of allylic oxidation sites excluding steroid dienone is 1. The smallest absolute Gasteiger partial charge is 0.344 e. The number of fused-ring (bicyclic) bond motifs is 3. The molecular weight excluding hydrogens is 394 g/mol. The number of rotatable bonds is 2. The van der Waals surface area contributed by atoms with Gasteiger partial charge in [-0.05, 0) is 41.0 Å². The van der Waals surface area contributed by atoms with E-state index in [-0.39, 0.29) is 34.1 Å². The monoisotopic (exact) mass is 409 g/mol. The molecule has 3 N–H and O–H groups in total. The highest BCUT2D eigenvalue weighted by atomic mass is 16.5. The molecular formula is C24H15N3O4. The van der Waals surface area contributed by atoms with Crippen LogP contribution in [0.2, 0.25) is 0 Å². The maximum atomic E-state index is 12.9. The van der Waals surface area contributed by atoms with Gasteiger partial charge in [-0.15, -0.1) is 0 Å². The number of hydrogen-bond donors (Lipinski definition) is 2. The Balaban J connectivity index is 1.72. The molecule has 7 nitrogen and oxygen atoms in total. The number of aromatic nitrogens is 1. The van der Waals surface area contributed by atoms with E-state index in [9.17, 15) is 15.2 Å². The van der Waals surface area contributed by atoms with E-state index in [1.807, 2.05) is 36.4 Å². The van der Waals surface area contributed by atoms with Gasteiger partial charge >= 0.3 is 5.63 Å². The molecule has 150 valence electrons. The number of aromatic hydroxyl groups is 1. The number of nitriles is 1. The van der Waals surface area contributed by atoms with Gasteiger partial charge in [-0.1, -0.05) is 30.3 Å². The Morgan fingerprint density at radius 1 is 1.10 bits per heavy atom. The minimum atomic E-state index is -0.764. The molecule has 0 radical (unpaired) electrons. The Labute approximate surface area is 176 Å². The fraction of sp³-hybridized carbons (Fsp3) is 0.0417. The van der Waals surface area contributed by atoms with Gasteiger partial charge in [0.2, 0.25) is 5.88 Å². The molecule has 3 heterocycles.